The molecule has 4 nitrogen and oxygen atoms in total. The zero-order valence-electron chi connectivity index (χ0n) is 11.2. The van der Waals surface area contributed by atoms with Crippen molar-refractivity contribution >= 4 is 23.6 Å². The van der Waals surface area contributed by atoms with Gasteiger partial charge in [-0.1, -0.05) is 17.7 Å². The van der Waals surface area contributed by atoms with Crippen LogP contribution in [0.25, 0.3) is 0 Å². The molecule has 110 valence electrons. The highest BCUT2D eigenvalue weighted by Crippen LogP contribution is 2.35. The lowest BCUT2D eigenvalue weighted by molar-refractivity contribution is 0.112. The number of hydrogen-bond acceptors (Lipinski definition) is 4. The van der Waals surface area contributed by atoms with E-state index in [2.05, 4.69) is 0 Å². The summed E-state index contributed by atoms with van der Waals surface area (Å²) in [6.45, 7) is -0.105. The Bertz CT molecular complexity index is 656. The summed E-state index contributed by atoms with van der Waals surface area (Å²) in [5, 5.41) is 0.261. The van der Waals surface area contributed by atoms with Gasteiger partial charge in [-0.3, -0.25) is 4.79 Å². The standard InChI is InChI=1S/C15H13ClFNO3/c1-20-14-6-9(7-19)5-13(18)15(14)21-8-10-11(16)3-2-4-12(10)17/h2-7H,8,18H2,1H3. The molecule has 0 aliphatic heterocycles. The molecular formula is C15H13ClFNO3. The molecule has 0 unspecified atom stereocenters. The number of ether oxygens (including phenoxy) is 2. The van der Waals surface area contributed by atoms with Crippen LogP contribution in [-0.4, -0.2) is 13.4 Å². The summed E-state index contributed by atoms with van der Waals surface area (Å²) in [6.07, 6.45) is 0.649. The SMILES string of the molecule is COc1cc(C=O)cc(N)c1OCc1c(F)cccc1Cl. The maximum absolute atomic E-state index is 13.7. The van der Waals surface area contributed by atoms with Crippen molar-refractivity contribution in [2.75, 3.05) is 12.8 Å². The van der Waals surface area contributed by atoms with Gasteiger partial charge in [-0.05, 0) is 24.3 Å². The summed E-state index contributed by atoms with van der Waals surface area (Å²) in [6, 6.07) is 7.31. The fourth-order valence-electron chi connectivity index (χ4n) is 1.83. The van der Waals surface area contributed by atoms with Crippen LogP contribution in [0, 0.1) is 5.82 Å². The highest BCUT2D eigenvalue weighted by atomic mass is 35.5. The van der Waals surface area contributed by atoms with Gasteiger partial charge in [-0.2, -0.15) is 0 Å². The third-order valence-corrected chi connectivity index (χ3v) is 3.24. The van der Waals surface area contributed by atoms with Crippen molar-refractivity contribution in [3.63, 3.8) is 0 Å². The Morgan fingerprint density at radius 3 is 2.76 bits per heavy atom. The molecule has 0 aliphatic rings. The van der Waals surface area contributed by atoms with Crippen molar-refractivity contribution in [1.29, 1.82) is 0 Å². The topological polar surface area (TPSA) is 61.5 Å². The lowest BCUT2D eigenvalue weighted by Crippen LogP contribution is -2.04. The Morgan fingerprint density at radius 1 is 1.38 bits per heavy atom. The molecule has 0 atom stereocenters. The van der Waals surface area contributed by atoms with E-state index >= 15 is 0 Å². The average molecular weight is 310 g/mol. The predicted molar refractivity (Wildman–Crippen MR) is 78.5 cm³/mol. The molecule has 2 aromatic rings. The molecule has 0 spiro atoms. The monoisotopic (exact) mass is 309 g/mol. The number of halogens is 2. The van der Waals surface area contributed by atoms with Crippen LogP contribution in [0.1, 0.15) is 15.9 Å². The van der Waals surface area contributed by atoms with Gasteiger partial charge in [0, 0.05) is 11.1 Å². The van der Waals surface area contributed by atoms with E-state index in [1.165, 1.54) is 31.4 Å². The first kappa shape index (κ1) is 15.1. The molecular weight excluding hydrogens is 297 g/mol. The summed E-state index contributed by atoms with van der Waals surface area (Å²) < 4.78 is 24.3. The lowest BCUT2D eigenvalue weighted by atomic mass is 10.2. The van der Waals surface area contributed by atoms with E-state index in [0.717, 1.165) is 0 Å². The van der Waals surface area contributed by atoms with Crippen molar-refractivity contribution in [2.24, 2.45) is 0 Å². The average Bonchev–Trinajstić information content (AvgIpc) is 2.47. The minimum Gasteiger partial charge on any atom is -0.493 e. The molecule has 2 rings (SSSR count). The molecule has 0 aliphatic carbocycles. The molecule has 0 saturated heterocycles. The van der Waals surface area contributed by atoms with Crippen LogP contribution in [0.15, 0.2) is 30.3 Å². The zero-order chi connectivity index (χ0) is 15.4. The van der Waals surface area contributed by atoms with Crippen LogP contribution in [0.3, 0.4) is 0 Å². The van der Waals surface area contributed by atoms with E-state index in [-0.39, 0.29) is 28.6 Å². The summed E-state index contributed by atoms with van der Waals surface area (Å²) in [7, 11) is 1.42. The number of nitrogens with two attached hydrogens (primary N) is 1. The lowest BCUT2D eigenvalue weighted by Gasteiger charge is -2.14. The van der Waals surface area contributed by atoms with E-state index in [4.69, 9.17) is 26.8 Å². The second-order valence-electron chi connectivity index (χ2n) is 4.25. The second kappa shape index (κ2) is 6.45. The number of carbonyl (C=O) groups is 1. The Balaban J connectivity index is 2.30. The number of anilines is 1. The van der Waals surface area contributed by atoms with Gasteiger partial charge in [-0.15, -0.1) is 0 Å². The van der Waals surface area contributed by atoms with E-state index in [0.29, 0.717) is 17.6 Å². The van der Waals surface area contributed by atoms with Crippen LogP contribution in [-0.2, 0) is 6.61 Å². The molecule has 0 radical (unpaired) electrons. The van der Waals surface area contributed by atoms with Gasteiger partial charge in [0.2, 0.25) is 0 Å². The van der Waals surface area contributed by atoms with Gasteiger partial charge in [0.05, 0.1) is 17.8 Å². The first-order chi connectivity index (χ1) is 10.1. The van der Waals surface area contributed by atoms with Crippen molar-refractivity contribution < 1.29 is 18.7 Å². The molecule has 6 heteroatoms. The summed E-state index contributed by atoms with van der Waals surface area (Å²) >= 11 is 5.93. The number of nitrogen functional groups attached to an aromatic ring is 1. The quantitative estimate of drug-likeness (QED) is 0.678. The third kappa shape index (κ3) is 3.25. The Hall–Kier alpha value is -2.27. The fraction of sp³-hybridized carbons (Fsp3) is 0.133. The molecule has 0 amide bonds. The van der Waals surface area contributed by atoms with Gasteiger partial charge < -0.3 is 15.2 Å². The fourth-order valence-corrected chi connectivity index (χ4v) is 2.05. The van der Waals surface area contributed by atoms with Gasteiger partial charge in [-0.25, -0.2) is 4.39 Å². The minimum atomic E-state index is -0.468. The van der Waals surface area contributed by atoms with Crippen LogP contribution >= 0.6 is 11.6 Å². The van der Waals surface area contributed by atoms with Crippen molar-refractivity contribution in [1.82, 2.24) is 0 Å². The van der Waals surface area contributed by atoms with Crippen LogP contribution in [0.2, 0.25) is 5.02 Å². The maximum Gasteiger partial charge on any atom is 0.184 e. The Morgan fingerprint density at radius 2 is 2.14 bits per heavy atom. The van der Waals surface area contributed by atoms with Crippen molar-refractivity contribution in [3.05, 3.63) is 52.3 Å². The minimum absolute atomic E-state index is 0.105. The van der Waals surface area contributed by atoms with E-state index in [1.54, 1.807) is 6.07 Å². The molecule has 0 heterocycles. The van der Waals surface area contributed by atoms with Gasteiger partial charge in [0.1, 0.15) is 18.7 Å². The summed E-state index contributed by atoms with van der Waals surface area (Å²) in [4.78, 5) is 10.8. The summed E-state index contributed by atoms with van der Waals surface area (Å²) in [5.74, 6) is 0.0662. The Kier molecular flexibility index (Phi) is 4.65. The molecule has 0 bridgehead atoms. The molecule has 2 N–H and O–H groups in total. The number of carbonyl (C=O) groups excluding carboxylic acids is 1. The predicted octanol–water partition coefficient (Wildman–Crippen LogP) is 3.46. The molecule has 21 heavy (non-hydrogen) atoms. The van der Waals surface area contributed by atoms with Crippen LogP contribution in [0.4, 0.5) is 10.1 Å². The molecule has 0 fully saturated rings. The van der Waals surface area contributed by atoms with Gasteiger partial charge >= 0.3 is 0 Å². The van der Waals surface area contributed by atoms with Gasteiger partial charge in [0.25, 0.3) is 0 Å². The molecule has 0 saturated carbocycles. The smallest absolute Gasteiger partial charge is 0.184 e. The number of hydrogen-bond donors (Lipinski definition) is 1. The summed E-state index contributed by atoms with van der Waals surface area (Å²) in [5.41, 5.74) is 6.63. The van der Waals surface area contributed by atoms with E-state index in [9.17, 15) is 9.18 Å². The van der Waals surface area contributed by atoms with Crippen molar-refractivity contribution in [3.8, 4) is 11.5 Å². The van der Waals surface area contributed by atoms with Crippen LogP contribution < -0.4 is 15.2 Å². The Labute approximate surface area is 126 Å². The van der Waals surface area contributed by atoms with Crippen LogP contribution in [0.5, 0.6) is 11.5 Å². The zero-order valence-corrected chi connectivity index (χ0v) is 12.0. The highest BCUT2D eigenvalue weighted by molar-refractivity contribution is 6.31. The second-order valence-corrected chi connectivity index (χ2v) is 4.66. The first-order valence-corrected chi connectivity index (χ1v) is 6.43. The van der Waals surface area contributed by atoms with Crippen molar-refractivity contribution in [2.45, 2.75) is 6.61 Å². The van der Waals surface area contributed by atoms with Gasteiger partial charge in [0.15, 0.2) is 11.5 Å². The number of methoxy groups -OCH3 is 1. The molecule has 2 aromatic carbocycles. The highest BCUT2D eigenvalue weighted by Gasteiger charge is 2.14. The normalized spacial score (nSPS) is 10.2. The number of rotatable bonds is 5. The van der Waals surface area contributed by atoms with E-state index in [1.807, 2.05) is 0 Å². The largest absolute Gasteiger partial charge is 0.493 e. The first-order valence-electron chi connectivity index (χ1n) is 6.05. The number of benzene rings is 2. The third-order valence-electron chi connectivity index (χ3n) is 2.88. The number of aldehydes is 1. The molecule has 0 aromatic heterocycles. The maximum atomic E-state index is 13.7. The van der Waals surface area contributed by atoms with E-state index < -0.39 is 5.82 Å².